The molecule has 1 atom stereocenters. The highest BCUT2D eigenvalue weighted by atomic mass is 16.6. The van der Waals surface area contributed by atoms with Crippen LogP contribution in [0.4, 0.5) is 4.79 Å². The molecule has 1 fully saturated rings. The molecule has 2 aliphatic heterocycles. The standard InChI is InChI=1S/C6H4N2O3/c9-5-4-3(1-2-7-5)11-6(10)8-4/h1-2,4H,(H,8,10). The van der Waals surface area contributed by atoms with E-state index in [2.05, 4.69) is 15.0 Å². The van der Waals surface area contributed by atoms with Crippen molar-refractivity contribution in [3.63, 3.8) is 0 Å². The number of carbonyl (C=O) groups is 2. The molecule has 0 aromatic rings. The number of carbonyl (C=O) groups excluding carboxylic acids is 2. The lowest BCUT2D eigenvalue weighted by atomic mass is 10.2. The van der Waals surface area contributed by atoms with Gasteiger partial charge in [-0.1, -0.05) is 0 Å². The van der Waals surface area contributed by atoms with Crippen molar-refractivity contribution in [3.8, 4) is 0 Å². The Hall–Kier alpha value is -1.65. The van der Waals surface area contributed by atoms with Crippen molar-refractivity contribution in [3.05, 3.63) is 11.8 Å². The van der Waals surface area contributed by atoms with Gasteiger partial charge < -0.3 is 10.1 Å². The number of dihydropyridines is 1. The minimum absolute atomic E-state index is 0.329. The molecule has 0 aromatic carbocycles. The van der Waals surface area contributed by atoms with Gasteiger partial charge in [-0.25, -0.2) is 9.79 Å². The summed E-state index contributed by atoms with van der Waals surface area (Å²) in [4.78, 5) is 24.9. The topological polar surface area (TPSA) is 67.8 Å². The zero-order valence-corrected chi connectivity index (χ0v) is 5.40. The zero-order valence-electron chi connectivity index (χ0n) is 5.40. The van der Waals surface area contributed by atoms with Crippen molar-refractivity contribution < 1.29 is 14.3 Å². The molecule has 5 heteroatoms. The Kier molecular flexibility index (Phi) is 1.06. The summed E-state index contributed by atoms with van der Waals surface area (Å²) in [6, 6.07) is -0.688. The van der Waals surface area contributed by atoms with Crippen molar-refractivity contribution in [1.82, 2.24) is 5.32 Å². The van der Waals surface area contributed by atoms with Crippen LogP contribution in [0, 0.1) is 0 Å². The molecule has 0 spiro atoms. The molecule has 11 heavy (non-hydrogen) atoms. The van der Waals surface area contributed by atoms with Gasteiger partial charge in [-0.15, -0.1) is 0 Å². The Labute approximate surface area is 61.7 Å². The van der Waals surface area contributed by atoms with E-state index in [1.165, 1.54) is 12.3 Å². The minimum atomic E-state index is -0.688. The number of allylic oxidation sites excluding steroid dienone is 1. The molecule has 0 bridgehead atoms. The fraction of sp³-hybridized carbons (Fsp3) is 0.167. The first-order valence-corrected chi connectivity index (χ1v) is 3.04. The van der Waals surface area contributed by atoms with Gasteiger partial charge >= 0.3 is 6.09 Å². The number of amides is 2. The predicted octanol–water partition coefficient (Wildman–Crippen LogP) is -0.410. The highest BCUT2D eigenvalue weighted by Crippen LogP contribution is 2.15. The van der Waals surface area contributed by atoms with Crippen LogP contribution in [0.3, 0.4) is 0 Å². The molecule has 1 N–H and O–H groups in total. The molecule has 0 aromatic heterocycles. The molecule has 5 nitrogen and oxygen atoms in total. The molecule has 2 rings (SSSR count). The van der Waals surface area contributed by atoms with Gasteiger partial charge in [0.15, 0.2) is 6.04 Å². The van der Waals surface area contributed by atoms with Gasteiger partial charge in [0, 0.05) is 6.21 Å². The summed E-state index contributed by atoms with van der Waals surface area (Å²) in [5, 5.41) is 2.31. The van der Waals surface area contributed by atoms with Crippen LogP contribution >= 0.6 is 0 Å². The van der Waals surface area contributed by atoms with Gasteiger partial charge in [-0.05, 0) is 6.08 Å². The van der Waals surface area contributed by atoms with Gasteiger partial charge in [0.25, 0.3) is 5.91 Å². The Morgan fingerprint density at radius 2 is 2.36 bits per heavy atom. The Morgan fingerprint density at radius 1 is 1.55 bits per heavy atom. The van der Waals surface area contributed by atoms with Crippen LogP contribution in [0.15, 0.2) is 16.8 Å². The van der Waals surface area contributed by atoms with Gasteiger partial charge in [0.1, 0.15) is 5.76 Å². The highest BCUT2D eigenvalue weighted by Gasteiger charge is 2.35. The number of aliphatic imine (C=N–C) groups is 1. The molecular weight excluding hydrogens is 148 g/mol. The van der Waals surface area contributed by atoms with Crippen molar-refractivity contribution in [1.29, 1.82) is 0 Å². The summed E-state index contributed by atoms with van der Waals surface area (Å²) < 4.78 is 4.63. The van der Waals surface area contributed by atoms with Crippen molar-refractivity contribution >= 4 is 18.2 Å². The normalized spacial score (nSPS) is 27.3. The second-order valence-corrected chi connectivity index (χ2v) is 2.15. The van der Waals surface area contributed by atoms with E-state index in [1.807, 2.05) is 0 Å². The molecule has 1 unspecified atom stereocenters. The second kappa shape index (κ2) is 1.91. The van der Waals surface area contributed by atoms with Gasteiger partial charge in [0.05, 0.1) is 0 Å². The molecule has 0 saturated carbocycles. The van der Waals surface area contributed by atoms with E-state index < -0.39 is 18.0 Å². The maximum Gasteiger partial charge on any atom is 0.413 e. The van der Waals surface area contributed by atoms with Crippen LogP contribution in [0.2, 0.25) is 0 Å². The quantitative estimate of drug-likeness (QED) is 0.513. The van der Waals surface area contributed by atoms with Crippen LogP contribution in [-0.2, 0) is 9.53 Å². The number of nitrogens with zero attached hydrogens (tertiary/aromatic N) is 1. The summed E-state index contributed by atoms with van der Waals surface area (Å²) >= 11 is 0. The summed E-state index contributed by atoms with van der Waals surface area (Å²) in [7, 11) is 0. The van der Waals surface area contributed by atoms with E-state index in [4.69, 9.17) is 0 Å². The molecule has 2 amide bonds. The second-order valence-electron chi connectivity index (χ2n) is 2.15. The van der Waals surface area contributed by atoms with Crippen LogP contribution in [0.1, 0.15) is 0 Å². The first-order valence-electron chi connectivity index (χ1n) is 3.04. The average molecular weight is 152 g/mol. The monoisotopic (exact) mass is 152 g/mol. The van der Waals surface area contributed by atoms with Crippen LogP contribution in [-0.4, -0.2) is 24.3 Å². The third kappa shape index (κ3) is 0.813. The van der Waals surface area contributed by atoms with Crippen molar-refractivity contribution in [2.75, 3.05) is 0 Å². The number of ether oxygens (including phenoxy) is 1. The largest absolute Gasteiger partial charge is 0.413 e. The van der Waals surface area contributed by atoms with E-state index in [0.717, 1.165) is 0 Å². The maximum absolute atomic E-state index is 10.9. The van der Waals surface area contributed by atoms with Crippen molar-refractivity contribution in [2.45, 2.75) is 6.04 Å². The summed E-state index contributed by atoms with van der Waals surface area (Å²) in [6.45, 7) is 0. The molecule has 1 saturated heterocycles. The average Bonchev–Trinajstić information content (AvgIpc) is 2.31. The van der Waals surface area contributed by atoms with E-state index in [1.54, 1.807) is 0 Å². The lowest BCUT2D eigenvalue weighted by Crippen LogP contribution is -2.33. The Bertz CT molecular complexity index is 292. The molecule has 0 aliphatic carbocycles. The fourth-order valence-electron chi connectivity index (χ4n) is 0.957. The number of fused-ring (bicyclic) bond motifs is 1. The lowest BCUT2D eigenvalue weighted by Gasteiger charge is -2.05. The summed E-state index contributed by atoms with van der Waals surface area (Å²) in [5.74, 6) is -0.0663. The van der Waals surface area contributed by atoms with Gasteiger partial charge in [-0.3, -0.25) is 4.79 Å². The minimum Gasteiger partial charge on any atom is -0.412 e. The first kappa shape index (κ1) is 6.09. The molecule has 2 heterocycles. The number of nitrogens with one attached hydrogen (secondary N) is 1. The molecule has 56 valence electrons. The van der Waals surface area contributed by atoms with E-state index in [9.17, 15) is 9.59 Å². The molecular formula is C6H4N2O3. The highest BCUT2D eigenvalue weighted by molar-refractivity contribution is 6.01. The molecule has 0 radical (unpaired) electrons. The Balaban J connectivity index is 2.35. The van der Waals surface area contributed by atoms with Crippen LogP contribution < -0.4 is 5.32 Å². The third-order valence-corrected chi connectivity index (χ3v) is 1.44. The Morgan fingerprint density at radius 3 is 3.09 bits per heavy atom. The predicted molar refractivity (Wildman–Crippen MR) is 35.0 cm³/mol. The smallest absolute Gasteiger partial charge is 0.412 e. The number of alkyl carbamates (subject to hydrolysis) is 1. The van der Waals surface area contributed by atoms with E-state index in [0.29, 0.717) is 5.76 Å². The van der Waals surface area contributed by atoms with Gasteiger partial charge in [0.2, 0.25) is 0 Å². The lowest BCUT2D eigenvalue weighted by molar-refractivity contribution is -0.118. The van der Waals surface area contributed by atoms with Crippen LogP contribution in [0.25, 0.3) is 0 Å². The van der Waals surface area contributed by atoms with Crippen LogP contribution in [0.5, 0.6) is 0 Å². The van der Waals surface area contributed by atoms with Crippen molar-refractivity contribution in [2.24, 2.45) is 4.99 Å². The first-order chi connectivity index (χ1) is 5.27. The zero-order chi connectivity index (χ0) is 7.84. The fourth-order valence-corrected chi connectivity index (χ4v) is 0.957. The SMILES string of the molecule is O=C1NC2C(=O)N=CC=C2O1. The van der Waals surface area contributed by atoms with E-state index >= 15 is 0 Å². The van der Waals surface area contributed by atoms with E-state index in [-0.39, 0.29) is 0 Å². The van der Waals surface area contributed by atoms with Gasteiger partial charge in [-0.2, -0.15) is 0 Å². The molecule has 2 aliphatic rings. The number of hydrogen-bond donors (Lipinski definition) is 1. The summed E-state index contributed by atoms with van der Waals surface area (Å²) in [5.41, 5.74) is 0. The summed E-state index contributed by atoms with van der Waals surface area (Å²) in [6.07, 6.45) is 2.21. The number of rotatable bonds is 0. The number of hydrogen-bond acceptors (Lipinski definition) is 3. The maximum atomic E-state index is 10.9. The third-order valence-electron chi connectivity index (χ3n) is 1.44.